The van der Waals surface area contributed by atoms with Gasteiger partial charge in [-0.15, -0.1) is 0 Å². The van der Waals surface area contributed by atoms with Gasteiger partial charge in [0, 0.05) is 25.8 Å². The molecule has 0 amide bonds. The summed E-state index contributed by atoms with van der Waals surface area (Å²) in [5, 5.41) is 0. The van der Waals surface area contributed by atoms with Crippen molar-refractivity contribution in [3.63, 3.8) is 0 Å². The maximum Gasteiger partial charge on any atom is 0.225 e. The van der Waals surface area contributed by atoms with Crippen molar-refractivity contribution in [2.45, 2.75) is 19.9 Å². The van der Waals surface area contributed by atoms with Crippen molar-refractivity contribution in [1.82, 2.24) is 9.97 Å². The van der Waals surface area contributed by atoms with Gasteiger partial charge in [0.05, 0.1) is 5.69 Å². The number of rotatable bonds is 2. The minimum Gasteiger partial charge on any atom is -0.337 e. The SMILES string of the molecule is CC1=CCN(c2nccc(CN)n2)CC1. The lowest BCUT2D eigenvalue weighted by molar-refractivity contribution is 0.753. The van der Waals surface area contributed by atoms with Crippen LogP contribution in [0, 0.1) is 0 Å². The molecule has 0 saturated heterocycles. The molecule has 80 valence electrons. The van der Waals surface area contributed by atoms with E-state index in [4.69, 9.17) is 5.73 Å². The van der Waals surface area contributed by atoms with E-state index in [-0.39, 0.29) is 0 Å². The molecule has 0 bridgehead atoms. The Morgan fingerprint density at radius 3 is 3.07 bits per heavy atom. The van der Waals surface area contributed by atoms with Crippen LogP contribution in [0.5, 0.6) is 0 Å². The Balaban J connectivity index is 2.16. The Hall–Kier alpha value is -1.42. The maximum atomic E-state index is 5.55. The summed E-state index contributed by atoms with van der Waals surface area (Å²) >= 11 is 0. The maximum absolute atomic E-state index is 5.55. The third kappa shape index (κ3) is 2.33. The number of nitrogens with zero attached hydrogens (tertiary/aromatic N) is 3. The van der Waals surface area contributed by atoms with Crippen LogP contribution in [0.25, 0.3) is 0 Å². The first-order valence-corrected chi connectivity index (χ1v) is 5.22. The van der Waals surface area contributed by atoms with E-state index >= 15 is 0 Å². The minimum absolute atomic E-state index is 0.470. The lowest BCUT2D eigenvalue weighted by Gasteiger charge is -2.25. The van der Waals surface area contributed by atoms with Crippen molar-refractivity contribution in [3.05, 3.63) is 29.6 Å². The molecule has 1 aliphatic heterocycles. The van der Waals surface area contributed by atoms with Gasteiger partial charge in [0.2, 0.25) is 5.95 Å². The van der Waals surface area contributed by atoms with Crippen LogP contribution < -0.4 is 10.6 Å². The van der Waals surface area contributed by atoms with Gasteiger partial charge in [-0.25, -0.2) is 9.97 Å². The first kappa shape index (κ1) is 10.1. The highest BCUT2D eigenvalue weighted by atomic mass is 15.2. The molecular formula is C11H16N4. The fraction of sp³-hybridized carbons (Fsp3) is 0.455. The molecular weight excluding hydrogens is 188 g/mol. The molecule has 0 saturated carbocycles. The largest absolute Gasteiger partial charge is 0.337 e. The fourth-order valence-electron chi connectivity index (χ4n) is 1.60. The molecule has 2 heterocycles. The number of aromatic nitrogens is 2. The lowest BCUT2D eigenvalue weighted by atomic mass is 10.1. The van der Waals surface area contributed by atoms with E-state index in [0.717, 1.165) is 31.2 Å². The third-order valence-electron chi connectivity index (χ3n) is 2.63. The van der Waals surface area contributed by atoms with Gasteiger partial charge >= 0.3 is 0 Å². The Bertz CT molecular complexity index is 373. The van der Waals surface area contributed by atoms with Crippen LogP contribution in [0.2, 0.25) is 0 Å². The molecule has 0 unspecified atom stereocenters. The predicted molar refractivity (Wildman–Crippen MR) is 60.5 cm³/mol. The van der Waals surface area contributed by atoms with E-state index in [1.54, 1.807) is 6.20 Å². The summed E-state index contributed by atoms with van der Waals surface area (Å²) in [6, 6.07) is 1.86. The van der Waals surface area contributed by atoms with Gasteiger partial charge in [-0.1, -0.05) is 11.6 Å². The second-order valence-electron chi connectivity index (χ2n) is 3.80. The molecule has 0 fully saturated rings. The van der Waals surface area contributed by atoms with Crippen LogP contribution in [0.4, 0.5) is 5.95 Å². The first-order valence-electron chi connectivity index (χ1n) is 5.22. The van der Waals surface area contributed by atoms with Crippen LogP contribution in [0.1, 0.15) is 19.0 Å². The quantitative estimate of drug-likeness (QED) is 0.733. The topological polar surface area (TPSA) is 55.0 Å². The standard InChI is InChI=1S/C11H16N4/c1-9-3-6-15(7-4-9)11-13-5-2-10(8-12)14-11/h2-3,5H,4,6-8,12H2,1H3. The zero-order chi connectivity index (χ0) is 10.7. The molecule has 4 heteroatoms. The molecule has 0 aromatic carbocycles. The second-order valence-corrected chi connectivity index (χ2v) is 3.80. The van der Waals surface area contributed by atoms with Crippen molar-refractivity contribution < 1.29 is 0 Å². The summed E-state index contributed by atoms with van der Waals surface area (Å²) in [5.41, 5.74) is 7.89. The molecule has 0 aliphatic carbocycles. The van der Waals surface area contributed by atoms with Crippen molar-refractivity contribution in [2.75, 3.05) is 18.0 Å². The Morgan fingerprint density at radius 1 is 1.53 bits per heavy atom. The van der Waals surface area contributed by atoms with Crippen molar-refractivity contribution in [2.24, 2.45) is 5.73 Å². The van der Waals surface area contributed by atoms with E-state index in [2.05, 4.69) is 27.9 Å². The summed E-state index contributed by atoms with van der Waals surface area (Å²) in [4.78, 5) is 10.8. The van der Waals surface area contributed by atoms with E-state index < -0.39 is 0 Å². The van der Waals surface area contributed by atoms with Crippen LogP contribution in [0.15, 0.2) is 23.9 Å². The molecule has 4 nitrogen and oxygen atoms in total. The van der Waals surface area contributed by atoms with Gasteiger partial charge in [-0.2, -0.15) is 0 Å². The van der Waals surface area contributed by atoms with Crippen LogP contribution in [-0.2, 0) is 6.54 Å². The molecule has 1 aliphatic rings. The van der Waals surface area contributed by atoms with E-state index in [0.29, 0.717) is 6.54 Å². The third-order valence-corrected chi connectivity index (χ3v) is 2.63. The minimum atomic E-state index is 0.470. The molecule has 0 spiro atoms. The smallest absolute Gasteiger partial charge is 0.225 e. The highest BCUT2D eigenvalue weighted by molar-refractivity contribution is 5.34. The molecule has 2 N–H and O–H groups in total. The summed E-state index contributed by atoms with van der Waals surface area (Å²) < 4.78 is 0. The summed E-state index contributed by atoms with van der Waals surface area (Å²) in [5.74, 6) is 0.793. The molecule has 0 atom stereocenters. The summed E-state index contributed by atoms with van der Waals surface area (Å²) in [6.45, 7) is 4.53. The number of anilines is 1. The van der Waals surface area contributed by atoms with Crippen LogP contribution in [0.3, 0.4) is 0 Å². The fourth-order valence-corrected chi connectivity index (χ4v) is 1.60. The van der Waals surface area contributed by atoms with Crippen molar-refractivity contribution in [3.8, 4) is 0 Å². The zero-order valence-corrected chi connectivity index (χ0v) is 8.98. The Morgan fingerprint density at radius 2 is 2.40 bits per heavy atom. The van der Waals surface area contributed by atoms with Gasteiger partial charge in [0.15, 0.2) is 0 Å². The normalized spacial score (nSPS) is 16.4. The van der Waals surface area contributed by atoms with Crippen LogP contribution in [-0.4, -0.2) is 23.1 Å². The first-order chi connectivity index (χ1) is 7.29. The van der Waals surface area contributed by atoms with E-state index in [1.165, 1.54) is 5.57 Å². The lowest BCUT2D eigenvalue weighted by Crippen LogP contribution is -2.30. The molecule has 15 heavy (non-hydrogen) atoms. The molecule has 1 aromatic heterocycles. The van der Waals surface area contributed by atoms with Crippen molar-refractivity contribution >= 4 is 5.95 Å². The second kappa shape index (κ2) is 4.40. The van der Waals surface area contributed by atoms with Gasteiger partial charge in [0.1, 0.15) is 0 Å². The zero-order valence-electron chi connectivity index (χ0n) is 8.98. The van der Waals surface area contributed by atoms with Gasteiger partial charge < -0.3 is 10.6 Å². The number of hydrogen-bond donors (Lipinski definition) is 1. The highest BCUT2D eigenvalue weighted by Gasteiger charge is 2.12. The van der Waals surface area contributed by atoms with E-state index in [1.807, 2.05) is 6.07 Å². The highest BCUT2D eigenvalue weighted by Crippen LogP contribution is 2.15. The monoisotopic (exact) mass is 204 g/mol. The Labute approximate surface area is 89.8 Å². The molecule has 0 radical (unpaired) electrons. The Kier molecular flexibility index (Phi) is 2.97. The average Bonchev–Trinajstić information content (AvgIpc) is 2.30. The van der Waals surface area contributed by atoms with Gasteiger partial charge in [0.25, 0.3) is 0 Å². The van der Waals surface area contributed by atoms with Crippen LogP contribution >= 0.6 is 0 Å². The van der Waals surface area contributed by atoms with E-state index in [9.17, 15) is 0 Å². The number of hydrogen-bond acceptors (Lipinski definition) is 4. The van der Waals surface area contributed by atoms with Crippen molar-refractivity contribution in [1.29, 1.82) is 0 Å². The molecule has 1 aromatic rings. The number of nitrogens with two attached hydrogens (primary N) is 1. The summed E-state index contributed by atoms with van der Waals surface area (Å²) in [6.07, 6.45) is 5.09. The molecule has 2 rings (SSSR count). The van der Waals surface area contributed by atoms with Gasteiger partial charge in [-0.3, -0.25) is 0 Å². The summed E-state index contributed by atoms with van der Waals surface area (Å²) in [7, 11) is 0. The van der Waals surface area contributed by atoms with Gasteiger partial charge in [-0.05, 0) is 19.4 Å². The predicted octanol–water partition coefficient (Wildman–Crippen LogP) is 1.09. The average molecular weight is 204 g/mol.